The zero-order valence-corrected chi connectivity index (χ0v) is 14.6. The molecule has 0 saturated carbocycles. The minimum atomic E-state index is -4.80. The molecule has 0 spiro atoms. The molecular weight excluding hydrogens is 356 g/mol. The first-order valence-corrected chi connectivity index (χ1v) is 9.51. The highest BCUT2D eigenvalue weighted by atomic mass is 32.3. The van der Waals surface area contributed by atoms with Gasteiger partial charge in [0.1, 0.15) is 6.04 Å². The SMILES string of the molecule is CN1CCCC1CONC(=O)[C@@H]1CC[C@@H]2CN1C(=O)N2OS(=O)(=O)O. The van der Waals surface area contributed by atoms with E-state index in [0.29, 0.717) is 24.5 Å². The Morgan fingerprint density at radius 2 is 2.12 bits per heavy atom. The highest BCUT2D eigenvalue weighted by molar-refractivity contribution is 7.80. The van der Waals surface area contributed by atoms with Crippen molar-refractivity contribution in [1.29, 1.82) is 0 Å². The second-order valence-electron chi connectivity index (χ2n) is 6.56. The van der Waals surface area contributed by atoms with Crippen molar-refractivity contribution in [2.24, 2.45) is 0 Å². The van der Waals surface area contributed by atoms with E-state index in [1.165, 1.54) is 4.90 Å². The Kier molecular flexibility index (Phi) is 5.16. The van der Waals surface area contributed by atoms with Crippen LogP contribution in [0.3, 0.4) is 0 Å². The molecule has 3 fully saturated rings. The third-order valence-corrected chi connectivity index (χ3v) is 5.27. The summed E-state index contributed by atoms with van der Waals surface area (Å²) in [5.74, 6) is -0.457. The Balaban J connectivity index is 1.53. The van der Waals surface area contributed by atoms with Crippen molar-refractivity contribution in [3.8, 4) is 0 Å². The molecule has 12 heteroatoms. The average molecular weight is 378 g/mol. The molecule has 2 bridgehead atoms. The lowest BCUT2D eigenvalue weighted by Crippen LogP contribution is -2.50. The molecule has 3 aliphatic heterocycles. The Labute approximate surface area is 145 Å². The van der Waals surface area contributed by atoms with Gasteiger partial charge >= 0.3 is 16.4 Å². The van der Waals surface area contributed by atoms with Gasteiger partial charge in [-0.05, 0) is 39.3 Å². The Bertz CT molecular complexity index is 642. The lowest BCUT2D eigenvalue weighted by atomic mass is 10.0. The second kappa shape index (κ2) is 7.03. The Morgan fingerprint density at radius 1 is 1.36 bits per heavy atom. The summed E-state index contributed by atoms with van der Waals surface area (Å²) in [5.41, 5.74) is 2.38. The van der Waals surface area contributed by atoms with E-state index in [0.717, 1.165) is 19.4 Å². The number of amides is 3. The number of nitrogens with zero attached hydrogens (tertiary/aromatic N) is 3. The molecule has 0 aliphatic carbocycles. The number of urea groups is 1. The van der Waals surface area contributed by atoms with Gasteiger partial charge in [0.2, 0.25) is 0 Å². The predicted octanol–water partition coefficient (Wildman–Crippen LogP) is -0.869. The van der Waals surface area contributed by atoms with Crippen molar-refractivity contribution in [3.63, 3.8) is 0 Å². The van der Waals surface area contributed by atoms with Gasteiger partial charge in [0.25, 0.3) is 5.91 Å². The van der Waals surface area contributed by atoms with Gasteiger partial charge in [0.15, 0.2) is 0 Å². The number of piperidine rings is 1. The molecule has 0 aromatic carbocycles. The predicted molar refractivity (Wildman–Crippen MR) is 83.1 cm³/mol. The van der Waals surface area contributed by atoms with E-state index in [1.54, 1.807) is 0 Å². The van der Waals surface area contributed by atoms with Gasteiger partial charge in [-0.15, -0.1) is 4.28 Å². The average Bonchev–Trinajstić information content (AvgIpc) is 3.04. The van der Waals surface area contributed by atoms with E-state index in [-0.39, 0.29) is 12.6 Å². The smallest absolute Gasteiger partial charge is 0.309 e. The van der Waals surface area contributed by atoms with Gasteiger partial charge in [-0.3, -0.25) is 14.2 Å². The van der Waals surface area contributed by atoms with E-state index in [2.05, 4.69) is 14.7 Å². The van der Waals surface area contributed by atoms with Gasteiger partial charge in [-0.2, -0.15) is 13.5 Å². The summed E-state index contributed by atoms with van der Waals surface area (Å²) in [4.78, 5) is 33.2. The standard InChI is InChI=1S/C13H22N4O7S/c1-15-6-2-3-10(15)8-23-14-12(18)11-5-4-9-7-16(11)13(19)17(9)24-25(20,21)22/h9-11H,2-8H2,1H3,(H,14,18)(H,20,21,22)/t9-,10?,11+/m1/s1. The number of likely N-dealkylation sites (N-methyl/N-ethyl adjacent to an activating group) is 1. The summed E-state index contributed by atoms with van der Waals surface area (Å²) in [6.07, 6.45) is 2.82. The van der Waals surface area contributed by atoms with Crippen LogP contribution in [-0.2, 0) is 24.3 Å². The van der Waals surface area contributed by atoms with Crippen molar-refractivity contribution in [2.45, 2.75) is 43.8 Å². The number of hydrogen-bond acceptors (Lipinski definition) is 7. The maximum Gasteiger partial charge on any atom is 0.418 e. The van der Waals surface area contributed by atoms with Crippen molar-refractivity contribution in [3.05, 3.63) is 0 Å². The Hall–Kier alpha value is -1.47. The number of nitrogens with one attached hydrogen (secondary N) is 1. The normalized spacial score (nSPS) is 30.2. The monoisotopic (exact) mass is 378 g/mol. The van der Waals surface area contributed by atoms with Gasteiger partial charge in [0.05, 0.1) is 12.6 Å². The first-order valence-electron chi connectivity index (χ1n) is 8.15. The molecule has 2 N–H and O–H groups in total. The highest BCUT2D eigenvalue weighted by Crippen LogP contribution is 2.30. The van der Waals surface area contributed by atoms with Gasteiger partial charge in [-0.1, -0.05) is 0 Å². The molecule has 3 rings (SSSR count). The molecule has 3 saturated heterocycles. The molecule has 0 aromatic heterocycles. The van der Waals surface area contributed by atoms with Crippen molar-refractivity contribution < 1.29 is 31.7 Å². The third kappa shape index (κ3) is 4.03. The van der Waals surface area contributed by atoms with E-state index >= 15 is 0 Å². The van der Waals surface area contributed by atoms with Crippen LogP contribution in [-0.4, -0.2) is 84.6 Å². The van der Waals surface area contributed by atoms with Crippen LogP contribution in [0.5, 0.6) is 0 Å². The van der Waals surface area contributed by atoms with Crippen LogP contribution in [0, 0.1) is 0 Å². The minimum Gasteiger partial charge on any atom is -0.309 e. The molecule has 0 radical (unpaired) electrons. The van der Waals surface area contributed by atoms with Crippen LogP contribution < -0.4 is 5.48 Å². The molecule has 0 aromatic rings. The van der Waals surface area contributed by atoms with Crippen LogP contribution in [0.4, 0.5) is 4.79 Å². The molecule has 3 aliphatic rings. The first kappa shape index (κ1) is 18.3. The zero-order chi connectivity index (χ0) is 18.2. The summed E-state index contributed by atoms with van der Waals surface area (Å²) < 4.78 is 34.8. The highest BCUT2D eigenvalue weighted by Gasteiger charge is 2.49. The van der Waals surface area contributed by atoms with E-state index < -0.39 is 34.4 Å². The fourth-order valence-corrected chi connectivity index (χ4v) is 3.96. The summed E-state index contributed by atoms with van der Waals surface area (Å²) >= 11 is 0. The third-order valence-electron chi connectivity index (χ3n) is 4.92. The summed E-state index contributed by atoms with van der Waals surface area (Å²) in [6, 6.07) is -1.80. The number of carbonyl (C=O) groups is 2. The lowest BCUT2D eigenvalue weighted by Gasteiger charge is -2.29. The molecule has 142 valence electrons. The number of likely N-dealkylation sites (tertiary alicyclic amines) is 1. The van der Waals surface area contributed by atoms with Crippen molar-refractivity contribution in [1.82, 2.24) is 20.3 Å². The molecule has 3 heterocycles. The molecular formula is C13H22N4O7S. The summed E-state index contributed by atoms with van der Waals surface area (Å²) in [7, 11) is -2.80. The van der Waals surface area contributed by atoms with Crippen LogP contribution in [0.15, 0.2) is 0 Å². The quantitative estimate of drug-likeness (QED) is 0.451. The van der Waals surface area contributed by atoms with Gasteiger partial charge in [0, 0.05) is 12.6 Å². The van der Waals surface area contributed by atoms with E-state index in [1.807, 2.05) is 7.05 Å². The lowest BCUT2D eigenvalue weighted by molar-refractivity contribution is -0.140. The second-order valence-corrected chi connectivity index (χ2v) is 7.57. The van der Waals surface area contributed by atoms with E-state index in [4.69, 9.17) is 9.39 Å². The minimum absolute atomic E-state index is 0.151. The fraction of sp³-hybridized carbons (Fsp3) is 0.846. The number of fused-ring (bicyclic) bond motifs is 2. The number of hydroxylamine groups is 3. The van der Waals surface area contributed by atoms with Gasteiger partial charge in [-0.25, -0.2) is 10.3 Å². The van der Waals surface area contributed by atoms with Crippen molar-refractivity contribution >= 4 is 22.3 Å². The fourth-order valence-electron chi connectivity index (χ4n) is 3.57. The van der Waals surface area contributed by atoms with Crippen LogP contribution in [0.1, 0.15) is 25.7 Å². The molecule has 3 atom stereocenters. The molecule has 25 heavy (non-hydrogen) atoms. The zero-order valence-electron chi connectivity index (χ0n) is 13.8. The number of rotatable bonds is 6. The maximum absolute atomic E-state index is 12.3. The largest absolute Gasteiger partial charge is 0.418 e. The summed E-state index contributed by atoms with van der Waals surface area (Å²) in [5, 5.41) is 0.608. The number of hydrogen-bond donors (Lipinski definition) is 2. The van der Waals surface area contributed by atoms with Crippen LogP contribution in [0.2, 0.25) is 0 Å². The van der Waals surface area contributed by atoms with Crippen LogP contribution in [0.25, 0.3) is 0 Å². The molecule has 1 unspecified atom stereocenters. The first-order chi connectivity index (χ1) is 11.8. The molecule has 3 amide bonds. The van der Waals surface area contributed by atoms with Gasteiger partial charge < -0.3 is 9.80 Å². The Morgan fingerprint density at radius 3 is 2.76 bits per heavy atom. The van der Waals surface area contributed by atoms with E-state index in [9.17, 15) is 18.0 Å². The maximum atomic E-state index is 12.3. The summed E-state index contributed by atoms with van der Waals surface area (Å²) in [6.45, 7) is 1.51. The topological polar surface area (TPSA) is 129 Å². The van der Waals surface area contributed by atoms with Crippen LogP contribution >= 0.6 is 0 Å². The molecule has 11 nitrogen and oxygen atoms in total. The number of carbonyl (C=O) groups excluding carboxylic acids is 2. The van der Waals surface area contributed by atoms with Crippen molar-refractivity contribution in [2.75, 3.05) is 26.7 Å².